The molecule has 0 saturated heterocycles. The Bertz CT molecular complexity index is 3060. The van der Waals surface area contributed by atoms with Gasteiger partial charge in [0.1, 0.15) is 0 Å². The molecule has 0 nitrogen and oxygen atoms in total. The molecule has 0 saturated carbocycles. The van der Waals surface area contributed by atoms with E-state index in [-0.39, 0.29) is 5.41 Å². The normalized spacial score (nSPS) is 13.2. The van der Waals surface area contributed by atoms with Crippen LogP contribution in [0, 0.1) is 0 Å². The standard InChI is InChI=1S/C53H36/c1-53(2)48-24-12-21-38(51(48)47-32-30-34-14-4-6-16-39(34)52(47)53)35-25-27-36(28-26-35)49-43-17-7-9-19-45(43)50(46-20-10-8-18-44(46)49)42-23-11-22-40-37-15-5-3-13-33(37)29-31-41(40)42/h3-32H,1-2H3. The van der Waals surface area contributed by atoms with Crippen molar-refractivity contribution in [3.05, 3.63) is 193 Å². The highest BCUT2D eigenvalue weighted by atomic mass is 14.4. The summed E-state index contributed by atoms with van der Waals surface area (Å²) < 4.78 is 0. The second-order valence-corrected chi connectivity index (χ2v) is 15.2. The molecule has 0 fully saturated rings. The zero-order chi connectivity index (χ0) is 35.3. The van der Waals surface area contributed by atoms with E-state index in [1.807, 2.05) is 0 Å². The van der Waals surface area contributed by atoms with Gasteiger partial charge in [0.2, 0.25) is 0 Å². The van der Waals surface area contributed by atoms with Crippen molar-refractivity contribution < 1.29 is 0 Å². The van der Waals surface area contributed by atoms with Gasteiger partial charge < -0.3 is 0 Å². The molecule has 0 aliphatic heterocycles. The quantitative estimate of drug-likeness (QED) is 0.129. The Balaban J connectivity index is 1.11. The van der Waals surface area contributed by atoms with Crippen LogP contribution in [0.5, 0.6) is 0 Å². The first-order valence-electron chi connectivity index (χ1n) is 18.7. The van der Waals surface area contributed by atoms with Gasteiger partial charge >= 0.3 is 0 Å². The Morgan fingerprint density at radius 2 is 0.792 bits per heavy atom. The van der Waals surface area contributed by atoms with Crippen LogP contribution in [0.25, 0.3) is 98.4 Å². The molecular weight excluding hydrogens is 637 g/mol. The molecule has 0 atom stereocenters. The molecule has 0 heteroatoms. The van der Waals surface area contributed by atoms with E-state index < -0.39 is 0 Å². The Labute approximate surface area is 309 Å². The highest BCUT2D eigenvalue weighted by molar-refractivity contribution is 6.25. The summed E-state index contributed by atoms with van der Waals surface area (Å²) in [6.07, 6.45) is 0. The molecule has 0 unspecified atom stereocenters. The predicted molar refractivity (Wildman–Crippen MR) is 228 cm³/mol. The van der Waals surface area contributed by atoms with Gasteiger partial charge in [-0.05, 0) is 109 Å². The first-order valence-corrected chi connectivity index (χ1v) is 18.7. The van der Waals surface area contributed by atoms with Crippen LogP contribution in [0.3, 0.4) is 0 Å². The van der Waals surface area contributed by atoms with Gasteiger partial charge in [-0.1, -0.05) is 196 Å². The molecular formula is C53H36. The van der Waals surface area contributed by atoms with E-state index in [0.717, 1.165) is 0 Å². The molecule has 0 bridgehead atoms. The van der Waals surface area contributed by atoms with Crippen LogP contribution in [-0.2, 0) is 5.41 Å². The smallest absolute Gasteiger partial charge is 0.0165 e. The average molecular weight is 673 g/mol. The summed E-state index contributed by atoms with van der Waals surface area (Å²) in [4.78, 5) is 0. The Morgan fingerprint density at radius 1 is 0.283 bits per heavy atom. The molecule has 0 aromatic heterocycles. The third-order valence-electron chi connectivity index (χ3n) is 12.0. The lowest BCUT2D eigenvalue weighted by Gasteiger charge is -2.23. The summed E-state index contributed by atoms with van der Waals surface area (Å²) in [5, 5.41) is 12.9. The van der Waals surface area contributed by atoms with Crippen molar-refractivity contribution in [3.8, 4) is 44.5 Å². The van der Waals surface area contributed by atoms with Crippen molar-refractivity contribution in [1.29, 1.82) is 0 Å². The topological polar surface area (TPSA) is 0 Å². The van der Waals surface area contributed by atoms with E-state index in [1.54, 1.807) is 0 Å². The highest BCUT2D eigenvalue weighted by Crippen LogP contribution is 2.54. The SMILES string of the molecule is CC1(C)c2cccc(-c3ccc(-c4c5ccccc5c(-c5cccc6c5ccc5ccccc56)c5ccccc45)cc3)c2-c2ccc3ccccc3c21. The van der Waals surface area contributed by atoms with E-state index in [2.05, 4.69) is 196 Å². The van der Waals surface area contributed by atoms with Gasteiger partial charge in [0.15, 0.2) is 0 Å². The van der Waals surface area contributed by atoms with Crippen molar-refractivity contribution in [2.45, 2.75) is 19.3 Å². The maximum atomic E-state index is 2.39. The van der Waals surface area contributed by atoms with Crippen molar-refractivity contribution >= 4 is 53.9 Å². The summed E-state index contributed by atoms with van der Waals surface area (Å²) >= 11 is 0. The zero-order valence-corrected chi connectivity index (χ0v) is 29.8. The van der Waals surface area contributed by atoms with Gasteiger partial charge in [0, 0.05) is 5.41 Å². The fourth-order valence-corrected chi connectivity index (χ4v) is 9.70. The Hall–Kier alpha value is -6.50. The molecule has 0 spiro atoms. The first-order chi connectivity index (χ1) is 26.1. The van der Waals surface area contributed by atoms with Crippen molar-refractivity contribution in [3.63, 3.8) is 0 Å². The molecule has 0 amide bonds. The van der Waals surface area contributed by atoms with Crippen molar-refractivity contribution in [2.24, 2.45) is 0 Å². The number of hydrogen-bond donors (Lipinski definition) is 0. The maximum Gasteiger partial charge on any atom is 0.0165 e. The van der Waals surface area contributed by atoms with Gasteiger partial charge in [-0.15, -0.1) is 0 Å². The minimum absolute atomic E-state index is 0.0851. The van der Waals surface area contributed by atoms with E-state index in [1.165, 1.54) is 109 Å². The summed E-state index contributed by atoms with van der Waals surface area (Å²) in [5.74, 6) is 0. The van der Waals surface area contributed by atoms with E-state index >= 15 is 0 Å². The summed E-state index contributed by atoms with van der Waals surface area (Å²) in [6, 6.07) is 67.8. The van der Waals surface area contributed by atoms with Crippen LogP contribution >= 0.6 is 0 Å². The summed E-state index contributed by atoms with van der Waals surface area (Å²) in [5.41, 5.74) is 13.1. The zero-order valence-electron chi connectivity index (χ0n) is 29.8. The average Bonchev–Trinajstić information content (AvgIpc) is 3.46. The van der Waals surface area contributed by atoms with E-state index in [9.17, 15) is 0 Å². The fraction of sp³-hybridized carbons (Fsp3) is 0.0566. The van der Waals surface area contributed by atoms with Crippen LogP contribution in [0.15, 0.2) is 182 Å². The molecule has 1 aliphatic rings. The third kappa shape index (κ3) is 4.30. The van der Waals surface area contributed by atoms with Gasteiger partial charge in [-0.25, -0.2) is 0 Å². The largest absolute Gasteiger partial charge is 0.0616 e. The van der Waals surface area contributed by atoms with Crippen LogP contribution in [0.1, 0.15) is 25.0 Å². The van der Waals surface area contributed by atoms with Crippen LogP contribution in [0.4, 0.5) is 0 Å². The lowest BCUT2D eigenvalue weighted by atomic mass is 9.80. The van der Waals surface area contributed by atoms with E-state index in [0.29, 0.717) is 0 Å². The number of benzene rings is 10. The van der Waals surface area contributed by atoms with Gasteiger partial charge in [-0.2, -0.15) is 0 Å². The molecule has 248 valence electrons. The van der Waals surface area contributed by atoms with Gasteiger partial charge in [0.25, 0.3) is 0 Å². The summed E-state index contributed by atoms with van der Waals surface area (Å²) in [7, 11) is 0. The molecule has 1 aliphatic carbocycles. The lowest BCUT2D eigenvalue weighted by molar-refractivity contribution is 0.666. The lowest BCUT2D eigenvalue weighted by Crippen LogP contribution is -2.15. The molecule has 11 rings (SSSR count). The molecule has 10 aromatic carbocycles. The molecule has 10 aromatic rings. The number of rotatable bonds is 3. The molecule has 0 radical (unpaired) electrons. The summed E-state index contributed by atoms with van der Waals surface area (Å²) in [6.45, 7) is 4.77. The predicted octanol–water partition coefficient (Wildman–Crippen LogP) is 14.8. The van der Waals surface area contributed by atoms with Crippen LogP contribution < -0.4 is 0 Å². The Kier molecular flexibility index (Phi) is 6.40. The van der Waals surface area contributed by atoms with Crippen molar-refractivity contribution in [2.75, 3.05) is 0 Å². The van der Waals surface area contributed by atoms with E-state index in [4.69, 9.17) is 0 Å². The fourth-order valence-electron chi connectivity index (χ4n) is 9.70. The van der Waals surface area contributed by atoms with Crippen molar-refractivity contribution in [1.82, 2.24) is 0 Å². The number of hydrogen-bond acceptors (Lipinski definition) is 0. The first kappa shape index (κ1) is 30.2. The number of fused-ring (bicyclic) bond motifs is 10. The van der Waals surface area contributed by atoms with Crippen LogP contribution in [0.2, 0.25) is 0 Å². The molecule has 0 N–H and O–H groups in total. The van der Waals surface area contributed by atoms with Gasteiger partial charge in [0.05, 0.1) is 0 Å². The monoisotopic (exact) mass is 672 g/mol. The maximum absolute atomic E-state index is 2.39. The molecule has 53 heavy (non-hydrogen) atoms. The highest BCUT2D eigenvalue weighted by Gasteiger charge is 2.38. The Morgan fingerprint density at radius 3 is 1.49 bits per heavy atom. The third-order valence-corrected chi connectivity index (χ3v) is 12.0. The minimum Gasteiger partial charge on any atom is -0.0616 e. The van der Waals surface area contributed by atoms with Gasteiger partial charge in [-0.3, -0.25) is 0 Å². The van der Waals surface area contributed by atoms with Crippen LogP contribution in [-0.4, -0.2) is 0 Å². The second kappa shape index (κ2) is 11.2. The minimum atomic E-state index is -0.0851. The second-order valence-electron chi connectivity index (χ2n) is 15.2. The molecule has 0 heterocycles.